The fraction of sp³-hybridized carbons (Fsp3) is 0.562. The van der Waals surface area contributed by atoms with Crippen LogP contribution in [0.5, 0.6) is 0 Å². The van der Waals surface area contributed by atoms with Gasteiger partial charge in [0, 0.05) is 12.1 Å². The molecule has 2 saturated carbocycles. The minimum absolute atomic E-state index is 0.00863. The monoisotopic (exact) mass is 436 g/mol. The van der Waals surface area contributed by atoms with Gasteiger partial charge in [0.15, 0.2) is 0 Å². The molecule has 3 rings (SSSR count). The van der Waals surface area contributed by atoms with Gasteiger partial charge in [-0.15, -0.1) is 0 Å². The Labute approximate surface area is 153 Å². The van der Waals surface area contributed by atoms with Gasteiger partial charge < -0.3 is 5.73 Å². The third-order valence-electron chi connectivity index (χ3n) is 5.04. The molecule has 0 saturated heterocycles. The summed E-state index contributed by atoms with van der Waals surface area (Å²) in [4.78, 5) is 12.1. The van der Waals surface area contributed by atoms with E-state index in [1.807, 2.05) is 0 Å². The number of rotatable bonds is 6. The zero-order valence-electron chi connectivity index (χ0n) is 13.4. The summed E-state index contributed by atoms with van der Waals surface area (Å²) in [6, 6.07) is 1.66. The van der Waals surface area contributed by atoms with Gasteiger partial charge in [0.25, 0.3) is 0 Å². The molecule has 25 heavy (non-hydrogen) atoms. The predicted octanol–water partition coefficient (Wildman–Crippen LogP) is 2.38. The third-order valence-corrected chi connectivity index (χ3v) is 7.66. The number of hydrogen-bond donors (Lipinski definition) is 2. The molecule has 0 aromatic heterocycles. The van der Waals surface area contributed by atoms with E-state index in [4.69, 9.17) is 5.73 Å². The summed E-state index contributed by atoms with van der Waals surface area (Å²) in [5, 5.41) is -0.346. The van der Waals surface area contributed by atoms with Crippen LogP contribution in [0.1, 0.15) is 37.7 Å². The van der Waals surface area contributed by atoms with E-state index in [2.05, 4.69) is 20.7 Å². The van der Waals surface area contributed by atoms with E-state index in [-0.39, 0.29) is 28.1 Å². The predicted molar refractivity (Wildman–Crippen MR) is 92.1 cm³/mol. The lowest BCUT2D eigenvalue weighted by Gasteiger charge is -2.26. The Bertz CT molecular complexity index is 814. The minimum Gasteiger partial charge on any atom is -0.369 e. The molecule has 9 heteroatoms. The molecule has 2 aliphatic rings. The Morgan fingerprint density at radius 1 is 1.28 bits per heavy atom. The van der Waals surface area contributed by atoms with Crippen molar-refractivity contribution < 1.29 is 22.0 Å². The van der Waals surface area contributed by atoms with Gasteiger partial charge in [-0.1, -0.05) is 0 Å². The summed E-state index contributed by atoms with van der Waals surface area (Å²) in [6.45, 7) is 0. The van der Waals surface area contributed by atoms with E-state index in [1.165, 1.54) is 6.07 Å². The third kappa shape index (κ3) is 3.88. The van der Waals surface area contributed by atoms with Crippen LogP contribution in [0.2, 0.25) is 0 Å². The lowest BCUT2D eigenvalue weighted by atomic mass is 9.79. The lowest BCUT2D eigenvalue weighted by Crippen LogP contribution is -2.41. The van der Waals surface area contributed by atoms with Crippen molar-refractivity contribution in [3.63, 3.8) is 0 Å². The highest BCUT2D eigenvalue weighted by Gasteiger charge is 2.47. The maximum Gasteiger partial charge on any atom is 0.224 e. The van der Waals surface area contributed by atoms with Gasteiger partial charge in [0.2, 0.25) is 15.9 Å². The largest absolute Gasteiger partial charge is 0.369 e. The van der Waals surface area contributed by atoms with E-state index in [1.54, 1.807) is 0 Å². The van der Waals surface area contributed by atoms with Crippen molar-refractivity contribution >= 4 is 31.9 Å². The highest BCUT2D eigenvalue weighted by Crippen LogP contribution is 2.42. The van der Waals surface area contributed by atoms with Crippen LogP contribution in [0.15, 0.2) is 16.6 Å². The lowest BCUT2D eigenvalue weighted by molar-refractivity contribution is -0.127. The highest BCUT2D eigenvalue weighted by molar-refractivity contribution is 9.10. The fourth-order valence-corrected chi connectivity index (χ4v) is 5.47. The first kappa shape index (κ1) is 18.7. The van der Waals surface area contributed by atoms with E-state index in [9.17, 15) is 22.0 Å². The standard InChI is InChI=1S/C16H19BrF2N2O3S/c17-12-5-9(13(18)6-14(12)19)7-16(15(20)22)4-3-10(8-16)21-25(23,24)11-1-2-11/h5-6,10-11,21H,1-4,7-8H2,(H2,20,22)/t10-,16+/m0/s1. The highest BCUT2D eigenvalue weighted by atomic mass is 79.9. The van der Waals surface area contributed by atoms with Gasteiger partial charge >= 0.3 is 0 Å². The van der Waals surface area contributed by atoms with Crippen LogP contribution < -0.4 is 10.5 Å². The number of amides is 1. The molecule has 1 amide bonds. The van der Waals surface area contributed by atoms with Crippen molar-refractivity contribution in [2.45, 2.75) is 49.8 Å². The molecule has 0 bridgehead atoms. The number of halogens is 3. The van der Waals surface area contributed by atoms with Crippen molar-refractivity contribution in [1.82, 2.24) is 4.72 Å². The Morgan fingerprint density at radius 2 is 1.96 bits per heavy atom. The number of hydrogen-bond acceptors (Lipinski definition) is 3. The molecule has 0 aliphatic heterocycles. The molecular weight excluding hydrogens is 418 g/mol. The molecule has 2 fully saturated rings. The molecule has 0 spiro atoms. The summed E-state index contributed by atoms with van der Waals surface area (Å²) in [6.07, 6.45) is 2.33. The second kappa shape index (κ2) is 6.59. The molecule has 2 aliphatic carbocycles. The molecule has 0 heterocycles. The molecule has 1 aromatic rings. The minimum atomic E-state index is -3.37. The molecule has 3 N–H and O–H groups in total. The van der Waals surface area contributed by atoms with E-state index in [0.717, 1.165) is 6.07 Å². The summed E-state index contributed by atoms with van der Waals surface area (Å²) in [5.41, 5.74) is 4.70. The summed E-state index contributed by atoms with van der Waals surface area (Å²) in [5.74, 6) is -2.07. The van der Waals surface area contributed by atoms with Crippen LogP contribution in [-0.2, 0) is 21.2 Å². The number of primary amides is 1. The van der Waals surface area contributed by atoms with Crippen molar-refractivity contribution in [3.8, 4) is 0 Å². The summed E-state index contributed by atoms with van der Waals surface area (Å²) in [7, 11) is -3.37. The number of carbonyl (C=O) groups is 1. The summed E-state index contributed by atoms with van der Waals surface area (Å²) >= 11 is 3.01. The Morgan fingerprint density at radius 3 is 2.56 bits per heavy atom. The average molecular weight is 437 g/mol. The smallest absolute Gasteiger partial charge is 0.224 e. The molecule has 138 valence electrons. The van der Waals surface area contributed by atoms with Crippen LogP contribution in [0.25, 0.3) is 0 Å². The topological polar surface area (TPSA) is 89.3 Å². The maximum absolute atomic E-state index is 14.1. The molecule has 5 nitrogen and oxygen atoms in total. The molecule has 1 aromatic carbocycles. The normalized spacial score (nSPS) is 26.8. The van der Waals surface area contributed by atoms with Crippen molar-refractivity contribution in [3.05, 3.63) is 33.8 Å². The van der Waals surface area contributed by atoms with Crippen LogP contribution >= 0.6 is 15.9 Å². The first-order valence-electron chi connectivity index (χ1n) is 8.07. The Hall–Kier alpha value is -1.06. The van der Waals surface area contributed by atoms with Crippen LogP contribution in [0.4, 0.5) is 8.78 Å². The molecule has 0 radical (unpaired) electrons. The van der Waals surface area contributed by atoms with E-state index in [0.29, 0.717) is 25.7 Å². The second-order valence-corrected chi connectivity index (χ2v) is 9.83. The Balaban J connectivity index is 1.79. The average Bonchev–Trinajstić information content (AvgIpc) is 3.29. The van der Waals surface area contributed by atoms with E-state index < -0.39 is 39.0 Å². The first-order chi connectivity index (χ1) is 11.6. The second-order valence-electron chi connectivity index (χ2n) is 6.98. The Kier molecular flexibility index (Phi) is 4.93. The number of sulfonamides is 1. The number of benzene rings is 1. The zero-order valence-corrected chi connectivity index (χ0v) is 15.8. The van der Waals surface area contributed by atoms with Gasteiger partial charge in [0.1, 0.15) is 11.6 Å². The van der Waals surface area contributed by atoms with Gasteiger partial charge in [-0.3, -0.25) is 4.79 Å². The van der Waals surface area contributed by atoms with Gasteiger partial charge in [-0.25, -0.2) is 21.9 Å². The van der Waals surface area contributed by atoms with Crippen LogP contribution in [-0.4, -0.2) is 25.6 Å². The zero-order chi connectivity index (χ0) is 18.4. The van der Waals surface area contributed by atoms with Crippen molar-refractivity contribution in [2.24, 2.45) is 11.1 Å². The summed E-state index contributed by atoms with van der Waals surface area (Å²) < 4.78 is 54.4. The fourth-order valence-electron chi connectivity index (χ4n) is 3.47. The number of nitrogens with one attached hydrogen (secondary N) is 1. The SMILES string of the molecule is NC(=O)[C@@]1(Cc2cc(Br)c(F)cc2F)CC[C@H](NS(=O)(=O)C2CC2)C1. The van der Waals surface area contributed by atoms with Crippen LogP contribution in [0.3, 0.4) is 0 Å². The number of carbonyl (C=O) groups excluding carboxylic acids is 1. The van der Waals surface area contributed by atoms with Gasteiger partial charge in [0.05, 0.1) is 15.1 Å². The van der Waals surface area contributed by atoms with Gasteiger partial charge in [-0.2, -0.15) is 0 Å². The molecular formula is C16H19BrF2N2O3S. The maximum atomic E-state index is 14.1. The number of nitrogens with two attached hydrogens (primary N) is 1. The first-order valence-corrected chi connectivity index (χ1v) is 10.4. The quantitative estimate of drug-likeness (QED) is 0.670. The van der Waals surface area contributed by atoms with Gasteiger partial charge in [-0.05, 0) is 66.1 Å². The molecule has 0 unspecified atom stereocenters. The van der Waals surface area contributed by atoms with Crippen molar-refractivity contribution in [1.29, 1.82) is 0 Å². The van der Waals surface area contributed by atoms with E-state index >= 15 is 0 Å². The van der Waals surface area contributed by atoms with Crippen LogP contribution in [0, 0.1) is 17.0 Å². The van der Waals surface area contributed by atoms with Crippen molar-refractivity contribution in [2.75, 3.05) is 0 Å². The molecule has 2 atom stereocenters.